The van der Waals surface area contributed by atoms with Gasteiger partial charge in [-0.3, -0.25) is 0 Å². The Morgan fingerprint density at radius 2 is 1.83 bits per heavy atom. The number of ether oxygens (including phenoxy) is 1. The molecule has 2 aromatic heterocycles. The van der Waals surface area contributed by atoms with Crippen LogP contribution in [0.3, 0.4) is 0 Å². The van der Waals surface area contributed by atoms with Crippen molar-refractivity contribution in [2.45, 2.75) is 26.2 Å². The van der Waals surface area contributed by atoms with E-state index in [4.69, 9.17) is 9.84 Å². The summed E-state index contributed by atoms with van der Waals surface area (Å²) >= 11 is 0. The number of piperidine rings is 1. The van der Waals surface area contributed by atoms with Crippen LogP contribution in [-0.4, -0.2) is 34.8 Å². The van der Waals surface area contributed by atoms with Gasteiger partial charge in [-0.15, -0.1) is 0 Å². The molecule has 0 saturated carbocycles. The van der Waals surface area contributed by atoms with Crippen molar-refractivity contribution in [3.63, 3.8) is 0 Å². The number of anilines is 1. The van der Waals surface area contributed by atoms with Crippen molar-refractivity contribution < 1.29 is 4.74 Å². The lowest BCUT2D eigenvalue weighted by Gasteiger charge is -2.28. The number of aryl methyl sites for hydroxylation is 1. The molecule has 1 fully saturated rings. The topological polar surface area (TPSA) is 42.7 Å². The molecule has 1 saturated heterocycles. The van der Waals surface area contributed by atoms with Gasteiger partial charge >= 0.3 is 0 Å². The Bertz CT molecular complexity index is 865. The second-order valence-electron chi connectivity index (χ2n) is 6.30. The summed E-state index contributed by atoms with van der Waals surface area (Å²) in [6, 6.07) is 12.2. The van der Waals surface area contributed by atoms with E-state index >= 15 is 0 Å². The van der Waals surface area contributed by atoms with Gasteiger partial charge in [0, 0.05) is 36.5 Å². The van der Waals surface area contributed by atoms with Crippen molar-refractivity contribution in [3.05, 3.63) is 42.1 Å². The number of fused-ring (bicyclic) bond motifs is 1. The molecule has 124 valence electrons. The predicted octanol–water partition coefficient (Wildman–Crippen LogP) is 3.70. The van der Waals surface area contributed by atoms with E-state index in [0.29, 0.717) is 0 Å². The maximum atomic E-state index is 5.49. The largest absolute Gasteiger partial charge is 0.496 e. The molecule has 3 heterocycles. The van der Waals surface area contributed by atoms with Gasteiger partial charge in [-0.2, -0.15) is 9.61 Å². The third-order valence-electron chi connectivity index (χ3n) is 4.60. The van der Waals surface area contributed by atoms with Crippen molar-refractivity contribution in [1.82, 2.24) is 14.6 Å². The van der Waals surface area contributed by atoms with Crippen LogP contribution in [0.5, 0.6) is 5.75 Å². The Morgan fingerprint density at radius 1 is 1.04 bits per heavy atom. The fourth-order valence-corrected chi connectivity index (χ4v) is 3.42. The first-order chi connectivity index (χ1) is 11.8. The predicted molar refractivity (Wildman–Crippen MR) is 95.8 cm³/mol. The van der Waals surface area contributed by atoms with Crippen LogP contribution in [0.25, 0.3) is 16.9 Å². The summed E-state index contributed by atoms with van der Waals surface area (Å²) in [4.78, 5) is 7.09. The van der Waals surface area contributed by atoms with Crippen molar-refractivity contribution in [2.24, 2.45) is 0 Å². The van der Waals surface area contributed by atoms with Gasteiger partial charge in [0.15, 0.2) is 5.65 Å². The summed E-state index contributed by atoms with van der Waals surface area (Å²) in [5.74, 6) is 1.97. The van der Waals surface area contributed by atoms with E-state index in [1.807, 2.05) is 41.8 Å². The van der Waals surface area contributed by atoms with E-state index in [0.717, 1.165) is 47.3 Å². The molecule has 5 heteroatoms. The second kappa shape index (κ2) is 6.15. The van der Waals surface area contributed by atoms with Crippen LogP contribution in [0, 0.1) is 6.92 Å². The van der Waals surface area contributed by atoms with E-state index < -0.39 is 0 Å². The van der Waals surface area contributed by atoms with Gasteiger partial charge in [0.2, 0.25) is 0 Å². The first-order valence-electron chi connectivity index (χ1n) is 8.52. The number of nitrogens with zero attached hydrogens (tertiary/aromatic N) is 4. The average Bonchev–Trinajstić information content (AvgIpc) is 3.05. The van der Waals surface area contributed by atoms with Crippen molar-refractivity contribution >= 4 is 11.5 Å². The minimum atomic E-state index is 0.831. The van der Waals surface area contributed by atoms with Crippen LogP contribution in [-0.2, 0) is 0 Å². The molecule has 0 N–H and O–H groups in total. The standard InChI is InChI=1S/C19H22N4O/c1-14-12-19(22-10-6-3-7-11-22)23-18(20-14)13-16(21-23)15-8-4-5-9-17(15)24-2/h4-5,8-9,12-13H,3,6-7,10-11H2,1-2H3. The average molecular weight is 322 g/mol. The van der Waals surface area contributed by atoms with Gasteiger partial charge in [0.25, 0.3) is 0 Å². The van der Waals surface area contributed by atoms with Crippen LogP contribution in [0.15, 0.2) is 36.4 Å². The van der Waals surface area contributed by atoms with Crippen LogP contribution in [0.1, 0.15) is 25.0 Å². The molecule has 0 radical (unpaired) electrons. The van der Waals surface area contributed by atoms with Gasteiger partial charge in [-0.05, 0) is 38.3 Å². The monoisotopic (exact) mass is 322 g/mol. The molecule has 0 amide bonds. The number of hydrogen-bond donors (Lipinski definition) is 0. The first-order valence-corrected chi connectivity index (χ1v) is 8.52. The SMILES string of the molecule is COc1ccccc1-c1cc2nc(C)cc(N3CCCCC3)n2n1. The van der Waals surface area contributed by atoms with E-state index in [-0.39, 0.29) is 0 Å². The van der Waals surface area contributed by atoms with Crippen molar-refractivity contribution in [1.29, 1.82) is 0 Å². The van der Waals surface area contributed by atoms with E-state index in [9.17, 15) is 0 Å². The van der Waals surface area contributed by atoms with E-state index in [1.54, 1.807) is 7.11 Å². The summed E-state index contributed by atoms with van der Waals surface area (Å²) in [6.07, 6.45) is 3.79. The maximum absolute atomic E-state index is 5.49. The van der Waals surface area contributed by atoms with Crippen LogP contribution in [0.2, 0.25) is 0 Å². The minimum Gasteiger partial charge on any atom is -0.496 e. The number of benzene rings is 1. The highest BCUT2D eigenvalue weighted by atomic mass is 16.5. The zero-order valence-corrected chi connectivity index (χ0v) is 14.2. The zero-order valence-electron chi connectivity index (χ0n) is 14.2. The first kappa shape index (κ1) is 15.0. The molecule has 0 atom stereocenters. The normalized spacial score (nSPS) is 15.0. The minimum absolute atomic E-state index is 0.831. The molecule has 0 unspecified atom stereocenters. The molecular weight excluding hydrogens is 300 g/mol. The number of methoxy groups -OCH3 is 1. The van der Waals surface area contributed by atoms with E-state index in [1.165, 1.54) is 19.3 Å². The molecule has 24 heavy (non-hydrogen) atoms. The smallest absolute Gasteiger partial charge is 0.158 e. The number of aromatic nitrogens is 3. The molecule has 3 aromatic rings. The fraction of sp³-hybridized carbons (Fsp3) is 0.368. The molecule has 5 nitrogen and oxygen atoms in total. The quantitative estimate of drug-likeness (QED) is 0.737. The third kappa shape index (κ3) is 2.60. The fourth-order valence-electron chi connectivity index (χ4n) is 3.42. The highest BCUT2D eigenvalue weighted by Crippen LogP contribution is 2.30. The van der Waals surface area contributed by atoms with Crippen molar-refractivity contribution in [3.8, 4) is 17.0 Å². The van der Waals surface area contributed by atoms with Gasteiger partial charge < -0.3 is 9.64 Å². The molecule has 1 aromatic carbocycles. The van der Waals surface area contributed by atoms with E-state index in [2.05, 4.69) is 16.0 Å². The van der Waals surface area contributed by atoms with Gasteiger partial charge in [0.1, 0.15) is 11.6 Å². The lowest BCUT2D eigenvalue weighted by molar-refractivity contribution is 0.416. The molecule has 0 bridgehead atoms. The highest BCUT2D eigenvalue weighted by Gasteiger charge is 2.18. The van der Waals surface area contributed by atoms with Gasteiger partial charge in [0.05, 0.1) is 12.8 Å². The summed E-state index contributed by atoms with van der Waals surface area (Å²) in [5.41, 5.74) is 3.79. The van der Waals surface area contributed by atoms with Gasteiger partial charge in [-0.25, -0.2) is 4.98 Å². The lowest BCUT2D eigenvalue weighted by atomic mass is 10.1. The maximum Gasteiger partial charge on any atom is 0.158 e. The highest BCUT2D eigenvalue weighted by molar-refractivity contribution is 5.71. The third-order valence-corrected chi connectivity index (χ3v) is 4.60. The Hall–Kier alpha value is -2.56. The lowest BCUT2D eigenvalue weighted by Crippen LogP contribution is -2.31. The Morgan fingerprint density at radius 3 is 2.62 bits per heavy atom. The number of hydrogen-bond acceptors (Lipinski definition) is 4. The Kier molecular flexibility index (Phi) is 3.84. The second-order valence-corrected chi connectivity index (χ2v) is 6.30. The summed E-state index contributed by atoms with van der Waals surface area (Å²) in [7, 11) is 1.69. The number of rotatable bonds is 3. The van der Waals surface area contributed by atoms with Crippen LogP contribution in [0.4, 0.5) is 5.82 Å². The molecule has 0 aliphatic carbocycles. The van der Waals surface area contributed by atoms with Gasteiger partial charge in [-0.1, -0.05) is 12.1 Å². The van der Waals surface area contributed by atoms with Crippen LogP contribution >= 0.6 is 0 Å². The zero-order chi connectivity index (χ0) is 16.5. The Labute approximate surface area is 141 Å². The summed E-state index contributed by atoms with van der Waals surface area (Å²) in [6.45, 7) is 4.22. The molecule has 0 spiro atoms. The summed E-state index contributed by atoms with van der Waals surface area (Å²) < 4.78 is 7.46. The number of para-hydroxylation sites is 1. The van der Waals surface area contributed by atoms with Crippen molar-refractivity contribution in [2.75, 3.05) is 25.1 Å². The molecule has 4 rings (SSSR count). The molecule has 1 aliphatic heterocycles. The molecular formula is C19H22N4O. The van der Waals surface area contributed by atoms with Crippen LogP contribution < -0.4 is 9.64 Å². The Balaban J connectivity index is 1.85. The molecule has 1 aliphatic rings. The summed E-state index contributed by atoms with van der Waals surface area (Å²) in [5, 5.41) is 4.84.